The molecule has 0 aromatic carbocycles. The van der Waals surface area contributed by atoms with Gasteiger partial charge in [-0.2, -0.15) is 0 Å². The number of aldehydes is 1. The number of carbonyl (C=O) groups excluding carboxylic acids is 2. The smallest absolute Gasteiger partial charge is 0.311 e. The van der Waals surface area contributed by atoms with Gasteiger partial charge in [0, 0.05) is 6.42 Å². The van der Waals surface area contributed by atoms with Crippen LogP contribution in [0.1, 0.15) is 85.5 Å². The largest absolute Gasteiger partial charge is 0.465 e. The lowest BCUT2D eigenvalue weighted by molar-refractivity contribution is -0.153. The summed E-state index contributed by atoms with van der Waals surface area (Å²) in [7, 11) is 0. The molecule has 0 heterocycles. The summed E-state index contributed by atoms with van der Waals surface area (Å²) in [4.78, 5) is 22.1. The molecule has 0 aromatic rings. The van der Waals surface area contributed by atoms with Gasteiger partial charge in [-0.1, -0.05) is 45.4 Å². The van der Waals surface area contributed by atoms with Gasteiger partial charge in [-0.15, -0.1) is 0 Å². The molecule has 23 heavy (non-hydrogen) atoms. The van der Waals surface area contributed by atoms with E-state index in [-0.39, 0.29) is 11.4 Å². The molecule has 0 aliphatic heterocycles. The van der Waals surface area contributed by atoms with Crippen molar-refractivity contribution in [1.29, 1.82) is 0 Å². The third-order valence-corrected chi connectivity index (χ3v) is 4.99. The van der Waals surface area contributed by atoms with Crippen LogP contribution in [-0.4, -0.2) is 18.9 Å². The summed E-state index contributed by atoms with van der Waals surface area (Å²) in [5, 5.41) is 0. The van der Waals surface area contributed by atoms with E-state index in [4.69, 9.17) is 4.74 Å². The fourth-order valence-electron chi connectivity index (χ4n) is 3.22. The number of carbonyl (C=O) groups is 2. The van der Waals surface area contributed by atoms with E-state index in [0.717, 1.165) is 37.4 Å². The Balaban J connectivity index is 1.86. The normalized spacial score (nSPS) is 21.7. The summed E-state index contributed by atoms with van der Waals surface area (Å²) in [5.74, 6) is 2.20. The zero-order chi connectivity index (χ0) is 17.3. The minimum atomic E-state index is -0.385. The monoisotopic (exact) mass is 324 g/mol. The van der Waals surface area contributed by atoms with Crippen LogP contribution < -0.4 is 0 Å². The third-order valence-electron chi connectivity index (χ3n) is 4.99. The molecule has 0 aromatic heterocycles. The lowest BCUT2D eigenvalue weighted by Gasteiger charge is -2.16. The number of unbranched alkanes of at least 4 members (excludes halogenated alkanes) is 5. The Kier molecular flexibility index (Phi) is 8.86. The van der Waals surface area contributed by atoms with Crippen molar-refractivity contribution < 1.29 is 14.3 Å². The Morgan fingerprint density at radius 2 is 1.74 bits per heavy atom. The van der Waals surface area contributed by atoms with Gasteiger partial charge in [0.25, 0.3) is 0 Å². The lowest BCUT2D eigenvalue weighted by atomic mass is 9.97. The van der Waals surface area contributed by atoms with Crippen LogP contribution in [0.3, 0.4) is 0 Å². The van der Waals surface area contributed by atoms with Crippen molar-refractivity contribution in [3.8, 4) is 0 Å². The first-order chi connectivity index (χ1) is 10.9. The second-order valence-corrected chi connectivity index (χ2v) is 8.34. The van der Waals surface area contributed by atoms with Crippen molar-refractivity contribution in [2.45, 2.75) is 85.5 Å². The maximum absolute atomic E-state index is 11.6. The summed E-state index contributed by atoms with van der Waals surface area (Å²) in [6.45, 7) is 8.44. The molecule has 0 saturated heterocycles. The number of hydrogen-bond donors (Lipinski definition) is 0. The van der Waals surface area contributed by atoms with Crippen LogP contribution in [0.2, 0.25) is 0 Å². The maximum Gasteiger partial charge on any atom is 0.311 e. The van der Waals surface area contributed by atoms with Crippen molar-refractivity contribution in [3.05, 3.63) is 0 Å². The molecule has 0 unspecified atom stereocenters. The van der Waals surface area contributed by atoms with Crippen molar-refractivity contribution in [2.75, 3.05) is 6.61 Å². The molecule has 0 radical (unpaired) electrons. The molecule has 1 saturated carbocycles. The topological polar surface area (TPSA) is 43.4 Å². The zero-order valence-corrected chi connectivity index (χ0v) is 15.6. The fourth-order valence-corrected chi connectivity index (χ4v) is 3.22. The Hall–Kier alpha value is -0.860. The van der Waals surface area contributed by atoms with Gasteiger partial charge in [0.1, 0.15) is 6.29 Å². The molecule has 1 aliphatic rings. The fraction of sp³-hybridized carbons (Fsp3) is 0.900. The Morgan fingerprint density at radius 3 is 2.35 bits per heavy atom. The van der Waals surface area contributed by atoms with Crippen LogP contribution in [0.25, 0.3) is 0 Å². The molecule has 3 atom stereocenters. The van der Waals surface area contributed by atoms with E-state index in [1.165, 1.54) is 38.5 Å². The zero-order valence-electron chi connectivity index (χ0n) is 15.6. The molecule has 0 N–H and O–H groups in total. The number of rotatable bonds is 12. The van der Waals surface area contributed by atoms with E-state index in [2.05, 4.69) is 6.92 Å². The van der Waals surface area contributed by atoms with Gasteiger partial charge >= 0.3 is 5.97 Å². The van der Waals surface area contributed by atoms with E-state index < -0.39 is 0 Å². The summed E-state index contributed by atoms with van der Waals surface area (Å²) in [6, 6.07) is 0. The van der Waals surface area contributed by atoms with Gasteiger partial charge in [0.15, 0.2) is 0 Å². The highest BCUT2D eigenvalue weighted by atomic mass is 16.5. The van der Waals surface area contributed by atoms with Crippen LogP contribution in [-0.2, 0) is 14.3 Å². The predicted octanol–water partition coefficient (Wildman–Crippen LogP) is 5.17. The Morgan fingerprint density at radius 1 is 1.13 bits per heavy atom. The lowest BCUT2D eigenvalue weighted by Crippen LogP contribution is -2.23. The van der Waals surface area contributed by atoms with Gasteiger partial charge in [-0.3, -0.25) is 4.79 Å². The summed E-state index contributed by atoms with van der Waals surface area (Å²) < 4.78 is 5.26. The standard InChI is InChI=1S/C20H36O3/c1-16(12-13-21)18-15-17(18)11-9-7-5-6-8-10-14-23-19(22)20(2,3)4/h13,16-18H,5-12,14-15H2,1-4H3/t16-,17-,18+/m0/s1. The van der Waals surface area contributed by atoms with E-state index in [9.17, 15) is 9.59 Å². The molecule has 1 rings (SSSR count). The number of ether oxygens (including phenoxy) is 1. The minimum Gasteiger partial charge on any atom is -0.465 e. The first kappa shape index (κ1) is 20.2. The molecule has 0 amide bonds. The molecule has 134 valence electrons. The van der Waals surface area contributed by atoms with Crippen LogP contribution in [0.4, 0.5) is 0 Å². The Bertz CT molecular complexity index is 356. The van der Waals surface area contributed by atoms with Gasteiger partial charge in [0.05, 0.1) is 12.0 Å². The number of hydrogen-bond acceptors (Lipinski definition) is 3. The average molecular weight is 325 g/mol. The van der Waals surface area contributed by atoms with Gasteiger partial charge < -0.3 is 9.53 Å². The molecular formula is C20H36O3. The second-order valence-electron chi connectivity index (χ2n) is 8.34. The predicted molar refractivity (Wildman–Crippen MR) is 94.2 cm³/mol. The van der Waals surface area contributed by atoms with Gasteiger partial charge in [-0.05, 0) is 51.4 Å². The highest BCUT2D eigenvalue weighted by Crippen LogP contribution is 2.48. The van der Waals surface area contributed by atoms with Gasteiger partial charge in [0.2, 0.25) is 0 Å². The summed E-state index contributed by atoms with van der Waals surface area (Å²) in [6.07, 6.45) is 11.8. The van der Waals surface area contributed by atoms with Crippen molar-refractivity contribution >= 4 is 12.3 Å². The van der Waals surface area contributed by atoms with Crippen molar-refractivity contribution in [3.63, 3.8) is 0 Å². The molecule has 1 fully saturated rings. The van der Waals surface area contributed by atoms with E-state index >= 15 is 0 Å². The third kappa shape index (κ3) is 8.53. The molecule has 0 bridgehead atoms. The molecule has 1 aliphatic carbocycles. The van der Waals surface area contributed by atoms with E-state index in [1.807, 2.05) is 20.8 Å². The maximum atomic E-state index is 11.6. The SMILES string of the molecule is C[C@@H](CC=O)[C@H]1C[C@@H]1CCCCCCCCOC(=O)C(C)(C)C. The van der Waals surface area contributed by atoms with Crippen molar-refractivity contribution in [2.24, 2.45) is 23.2 Å². The molecule has 3 heteroatoms. The van der Waals surface area contributed by atoms with Crippen LogP contribution in [0.5, 0.6) is 0 Å². The Labute approximate surface area is 142 Å². The summed E-state index contributed by atoms with van der Waals surface area (Å²) >= 11 is 0. The van der Waals surface area contributed by atoms with E-state index in [0.29, 0.717) is 12.5 Å². The highest BCUT2D eigenvalue weighted by molar-refractivity contribution is 5.75. The van der Waals surface area contributed by atoms with Crippen LogP contribution in [0, 0.1) is 23.2 Å². The number of esters is 1. The average Bonchev–Trinajstić information content (AvgIpc) is 3.24. The van der Waals surface area contributed by atoms with Crippen LogP contribution >= 0.6 is 0 Å². The van der Waals surface area contributed by atoms with E-state index in [1.54, 1.807) is 0 Å². The minimum absolute atomic E-state index is 0.0969. The first-order valence-electron chi connectivity index (χ1n) is 9.47. The van der Waals surface area contributed by atoms with Gasteiger partial charge in [-0.25, -0.2) is 0 Å². The molecular weight excluding hydrogens is 288 g/mol. The highest BCUT2D eigenvalue weighted by Gasteiger charge is 2.39. The first-order valence-corrected chi connectivity index (χ1v) is 9.47. The second kappa shape index (κ2) is 10.1. The quantitative estimate of drug-likeness (QED) is 0.283. The van der Waals surface area contributed by atoms with Crippen molar-refractivity contribution in [1.82, 2.24) is 0 Å². The summed E-state index contributed by atoms with van der Waals surface area (Å²) in [5.41, 5.74) is -0.385. The van der Waals surface area contributed by atoms with Crippen LogP contribution in [0.15, 0.2) is 0 Å². The molecule has 0 spiro atoms. The molecule has 3 nitrogen and oxygen atoms in total.